The Labute approximate surface area is 71.4 Å². The first-order chi connectivity index (χ1) is 5.38. The third-order valence-corrected chi connectivity index (χ3v) is 3.27. The van der Waals surface area contributed by atoms with Crippen LogP contribution in [0, 0.1) is 11.8 Å². The molecule has 66 valence electrons. The van der Waals surface area contributed by atoms with Crippen LogP contribution in [0.5, 0.6) is 0 Å². The molecule has 1 fully saturated rings. The van der Waals surface area contributed by atoms with Crippen molar-refractivity contribution in [1.29, 1.82) is 0 Å². The molecule has 0 spiro atoms. The van der Waals surface area contributed by atoms with Crippen LogP contribution in [-0.2, 0) is 0 Å². The molecule has 1 aliphatic rings. The smallest absolute Gasteiger partial charge is 0.0386 e. The van der Waals surface area contributed by atoms with Gasteiger partial charge in [-0.2, -0.15) is 0 Å². The van der Waals surface area contributed by atoms with E-state index in [4.69, 9.17) is 0 Å². The molecule has 0 bridgehead atoms. The number of hydrogen-bond acceptors (Lipinski definition) is 0. The topological polar surface area (TPSA) is 0 Å². The van der Waals surface area contributed by atoms with Crippen LogP contribution in [0.25, 0.3) is 0 Å². The fourth-order valence-corrected chi connectivity index (χ4v) is 2.15. The van der Waals surface area contributed by atoms with Crippen molar-refractivity contribution in [2.24, 2.45) is 11.8 Å². The van der Waals surface area contributed by atoms with Gasteiger partial charge < -0.3 is 0 Å². The average Bonchev–Trinajstić information content (AvgIpc) is 1.93. The second kappa shape index (κ2) is 4.79. The van der Waals surface area contributed by atoms with Gasteiger partial charge in [0.15, 0.2) is 0 Å². The van der Waals surface area contributed by atoms with Crippen molar-refractivity contribution in [2.45, 2.75) is 58.8 Å². The Morgan fingerprint density at radius 1 is 1.27 bits per heavy atom. The lowest BCUT2D eigenvalue weighted by Crippen LogP contribution is -2.21. The van der Waals surface area contributed by atoms with Crippen LogP contribution in [0.3, 0.4) is 0 Å². The summed E-state index contributed by atoms with van der Waals surface area (Å²) >= 11 is 0. The predicted octanol–water partition coefficient (Wildman–Crippen LogP) is 4.00. The molecule has 0 aromatic rings. The van der Waals surface area contributed by atoms with Gasteiger partial charge in [-0.25, -0.2) is 0 Å². The molecule has 0 radical (unpaired) electrons. The summed E-state index contributed by atoms with van der Waals surface area (Å²) < 4.78 is 0. The average molecular weight is 154 g/mol. The van der Waals surface area contributed by atoms with Crippen molar-refractivity contribution < 1.29 is 0 Å². The molecule has 11 heavy (non-hydrogen) atoms. The lowest BCUT2D eigenvalue weighted by atomic mass is 9.73. The summed E-state index contributed by atoms with van der Waals surface area (Å²) in [5, 5.41) is 0. The van der Waals surface area contributed by atoms with Crippen molar-refractivity contribution in [2.75, 3.05) is 0 Å². The minimum Gasteiger partial charge on any atom is -0.0654 e. The van der Waals surface area contributed by atoms with E-state index in [0.29, 0.717) is 0 Å². The normalized spacial score (nSPS) is 21.3. The molecule has 0 heteroatoms. The standard InChI is InChI=1S/C11H22/c1-3-5-7-10(4-2)11-8-6-9-11/h10-11H,3-9H2,1-2H3. The maximum absolute atomic E-state index is 2.36. The van der Waals surface area contributed by atoms with Gasteiger partial charge in [-0.1, -0.05) is 58.8 Å². The maximum Gasteiger partial charge on any atom is -0.0386 e. The Kier molecular flexibility index (Phi) is 3.96. The van der Waals surface area contributed by atoms with Gasteiger partial charge in [0.2, 0.25) is 0 Å². The van der Waals surface area contributed by atoms with Gasteiger partial charge in [0.1, 0.15) is 0 Å². The third kappa shape index (κ3) is 2.50. The summed E-state index contributed by atoms with van der Waals surface area (Å²) in [7, 11) is 0. The highest BCUT2D eigenvalue weighted by Crippen LogP contribution is 2.37. The molecule has 0 aromatic heterocycles. The summed E-state index contributed by atoms with van der Waals surface area (Å²) in [4.78, 5) is 0. The summed E-state index contributed by atoms with van der Waals surface area (Å²) in [6, 6.07) is 0. The number of rotatable bonds is 5. The number of unbranched alkanes of at least 4 members (excludes halogenated alkanes) is 1. The van der Waals surface area contributed by atoms with Gasteiger partial charge in [0.05, 0.1) is 0 Å². The minimum absolute atomic E-state index is 1.07. The second-order valence-electron chi connectivity index (χ2n) is 4.00. The summed E-state index contributed by atoms with van der Waals surface area (Å²) in [5.41, 5.74) is 0. The van der Waals surface area contributed by atoms with E-state index in [2.05, 4.69) is 13.8 Å². The largest absolute Gasteiger partial charge is 0.0654 e. The molecule has 0 amide bonds. The molecular formula is C11H22. The Hall–Kier alpha value is 0. The van der Waals surface area contributed by atoms with E-state index in [0.717, 1.165) is 11.8 Å². The van der Waals surface area contributed by atoms with E-state index < -0.39 is 0 Å². The zero-order chi connectivity index (χ0) is 8.10. The van der Waals surface area contributed by atoms with Crippen molar-refractivity contribution in [3.05, 3.63) is 0 Å². The van der Waals surface area contributed by atoms with E-state index in [1.54, 1.807) is 0 Å². The van der Waals surface area contributed by atoms with Crippen LogP contribution in [0.15, 0.2) is 0 Å². The van der Waals surface area contributed by atoms with Gasteiger partial charge in [-0.15, -0.1) is 0 Å². The molecule has 0 aliphatic heterocycles. The lowest BCUT2D eigenvalue weighted by Gasteiger charge is -2.33. The zero-order valence-electron chi connectivity index (χ0n) is 8.10. The van der Waals surface area contributed by atoms with Crippen molar-refractivity contribution >= 4 is 0 Å². The van der Waals surface area contributed by atoms with Crippen LogP contribution in [0.1, 0.15) is 58.8 Å². The monoisotopic (exact) mass is 154 g/mol. The minimum atomic E-state index is 1.07. The van der Waals surface area contributed by atoms with Gasteiger partial charge in [0, 0.05) is 0 Å². The van der Waals surface area contributed by atoms with E-state index in [9.17, 15) is 0 Å². The second-order valence-corrected chi connectivity index (χ2v) is 4.00. The van der Waals surface area contributed by atoms with E-state index in [-0.39, 0.29) is 0 Å². The molecule has 1 atom stereocenters. The van der Waals surface area contributed by atoms with Crippen LogP contribution in [-0.4, -0.2) is 0 Å². The van der Waals surface area contributed by atoms with Crippen LogP contribution in [0.2, 0.25) is 0 Å². The molecule has 0 saturated heterocycles. The van der Waals surface area contributed by atoms with Crippen molar-refractivity contribution in [3.63, 3.8) is 0 Å². The fourth-order valence-electron chi connectivity index (χ4n) is 2.15. The SMILES string of the molecule is CCCCC(CC)C1CCC1. The molecule has 1 unspecified atom stereocenters. The van der Waals surface area contributed by atoms with Crippen LogP contribution in [0.4, 0.5) is 0 Å². The maximum atomic E-state index is 2.36. The zero-order valence-corrected chi connectivity index (χ0v) is 8.10. The predicted molar refractivity (Wildman–Crippen MR) is 50.6 cm³/mol. The third-order valence-electron chi connectivity index (χ3n) is 3.27. The van der Waals surface area contributed by atoms with E-state index >= 15 is 0 Å². The Balaban J connectivity index is 2.13. The molecular weight excluding hydrogens is 132 g/mol. The fraction of sp³-hybridized carbons (Fsp3) is 1.00. The highest BCUT2D eigenvalue weighted by molar-refractivity contribution is 4.76. The molecule has 0 N–H and O–H groups in total. The molecule has 0 heterocycles. The van der Waals surface area contributed by atoms with Crippen LogP contribution < -0.4 is 0 Å². The quantitative estimate of drug-likeness (QED) is 0.561. The van der Waals surface area contributed by atoms with Gasteiger partial charge >= 0.3 is 0 Å². The molecule has 0 nitrogen and oxygen atoms in total. The number of hydrogen-bond donors (Lipinski definition) is 0. The van der Waals surface area contributed by atoms with E-state index in [1.165, 1.54) is 44.9 Å². The molecule has 1 aliphatic carbocycles. The first-order valence-electron chi connectivity index (χ1n) is 5.38. The Bertz CT molecular complexity index is 92.2. The van der Waals surface area contributed by atoms with Crippen molar-refractivity contribution in [3.8, 4) is 0 Å². The van der Waals surface area contributed by atoms with Crippen LogP contribution >= 0.6 is 0 Å². The van der Waals surface area contributed by atoms with Gasteiger partial charge in [-0.05, 0) is 11.8 Å². The van der Waals surface area contributed by atoms with E-state index in [1.807, 2.05) is 0 Å². The summed E-state index contributed by atoms with van der Waals surface area (Å²) in [6.07, 6.45) is 10.3. The van der Waals surface area contributed by atoms with Gasteiger partial charge in [0.25, 0.3) is 0 Å². The Morgan fingerprint density at radius 2 is 2.00 bits per heavy atom. The lowest BCUT2D eigenvalue weighted by molar-refractivity contribution is 0.187. The highest BCUT2D eigenvalue weighted by Gasteiger charge is 2.24. The molecule has 0 aromatic carbocycles. The summed E-state index contributed by atoms with van der Waals surface area (Å²) in [6.45, 7) is 4.66. The molecule has 1 saturated carbocycles. The van der Waals surface area contributed by atoms with Gasteiger partial charge in [-0.3, -0.25) is 0 Å². The summed E-state index contributed by atoms with van der Waals surface area (Å²) in [5.74, 6) is 2.19. The molecule has 1 rings (SSSR count). The highest BCUT2D eigenvalue weighted by atomic mass is 14.3. The first kappa shape index (κ1) is 9.09. The van der Waals surface area contributed by atoms with Crippen molar-refractivity contribution in [1.82, 2.24) is 0 Å². The Morgan fingerprint density at radius 3 is 2.36 bits per heavy atom. The first-order valence-corrected chi connectivity index (χ1v) is 5.38.